The van der Waals surface area contributed by atoms with Crippen LogP contribution in [0.25, 0.3) is 27.5 Å². The monoisotopic (exact) mass is 438 g/mol. The van der Waals surface area contributed by atoms with E-state index in [1.165, 1.54) is 16.7 Å². The molecule has 2 aromatic heterocycles. The maximum atomic E-state index is 13.6. The topological polar surface area (TPSA) is 125 Å². The zero-order valence-corrected chi connectivity index (χ0v) is 17.7. The number of nitrogens with zero attached hydrogens (tertiary/aromatic N) is 6. The summed E-state index contributed by atoms with van der Waals surface area (Å²) in [6, 6.07) is 12.5. The summed E-state index contributed by atoms with van der Waals surface area (Å²) in [7, 11) is 0. The van der Waals surface area contributed by atoms with Crippen LogP contribution in [0.1, 0.15) is 23.3 Å². The molecule has 0 bridgehead atoms. The molecule has 3 heterocycles. The number of carbonyl (C=O) groups is 1. The number of phenols is 1. The van der Waals surface area contributed by atoms with Crippen molar-refractivity contribution in [3.05, 3.63) is 76.7 Å². The lowest BCUT2D eigenvalue weighted by atomic mass is 9.98. The lowest BCUT2D eigenvalue weighted by Crippen LogP contribution is -2.48. The highest BCUT2D eigenvalue weighted by Gasteiger charge is 2.33. The summed E-state index contributed by atoms with van der Waals surface area (Å²) in [6.45, 7) is 5.96. The normalized spacial score (nSPS) is 13.6. The van der Waals surface area contributed by atoms with Gasteiger partial charge in [0, 0.05) is 24.5 Å². The van der Waals surface area contributed by atoms with E-state index < -0.39 is 5.56 Å². The molecule has 0 atom stereocenters. The van der Waals surface area contributed by atoms with Crippen LogP contribution in [0.3, 0.4) is 0 Å². The van der Waals surface area contributed by atoms with Crippen LogP contribution in [0.2, 0.25) is 0 Å². The predicted octanol–water partition coefficient (Wildman–Crippen LogP) is 2.33. The molecule has 162 valence electrons. The van der Waals surface area contributed by atoms with Gasteiger partial charge in [0.25, 0.3) is 5.56 Å². The number of carbonyl (C=O) groups excluding carboxylic acids is 1. The third kappa shape index (κ3) is 3.20. The van der Waals surface area contributed by atoms with E-state index in [1.54, 1.807) is 17.9 Å². The second-order valence-corrected chi connectivity index (χ2v) is 7.87. The number of fused-ring (bicyclic) bond motifs is 2. The zero-order valence-electron chi connectivity index (χ0n) is 17.7. The number of likely N-dealkylation sites (tertiary alicyclic amines) is 1. The van der Waals surface area contributed by atoms with E-state index >= 15 is 0 Å². The predicted molar refractivity (Wildman–Crippen MR) is 121 cm³/mol. The minimum absolute atomic E-state index is 0.00538. The fourth-order valence-corrected chi connectivity index (χ4v) is 4.16. The number of phenolic OH excluding ortho intramolecular Hbond substituents is 1. The van der Waals surface area contributed by atoms with E-state index in [2.05, 4.69) is 21.5 Å². The Morgan fingerprint density at radius 3 is 2.73 bits per heavy atom. The van der Waals surface area contributed by atoms with Gasteiger partial charge < -0.3 is 10.0 Å². The van der Waals surface area contributed by atoms with Gasteiger partial charge in [-0.25, -0.2) is 15.0 Å². The van der Waals surface area contributed by atoms with Crippen molar-refractivity contribution < 1.29 is 9.90 Å². The number of aromatic hydroxyl groups is 1. The van der Waals surface area contributed by atoms with Crippen molar-refractivity contribution in [2.75, 3.05) is 13.1 Å². The Labute approximate surface area is 187 Å². The molecule has 0 spiro atoms. The minimum Gasteiger partial charge on any atom is -0.508 e. The van der Waals surface area contributed by atoms with Gasteiger partial charge in [0.15, 0.2) is 11.3 Å². The molecule has 1 fully saturated rings. The first-order valence-electron chi connectivity index (χ1n) is 10.3. The molecule has 4 aromatic rings. The van der Waals surface area contributed by atoms with Crippen LogP contribution in [0.4, 0.5) is 0 Å². The van der Waals surface area contributed by atoms with Gasteiger partial charge in [0.1, 0.15) is 28.9 Å². The average molecular weight is 438 g/mol. The molecule has 0 saturated carbocycles. The van der Waals surface area contributed by atoms with E-state index in [-0.39, 0.29) is 34.3 Å². The molecule has 33 heavy (non-hydrogen) atoms. The largest absolute Gasteiger partial charge is 0.508 e. The molecule has 0 aliphatic carbocycles. The van der Waals surface area contributed by atoms with Crippen molar-refractivity contribution >= 4 is 27.7 Å². The van der Waals surface area contributed by atoms with Gasteiger partial charge in [-0.05, 0) is 24.5 Å². The van der Waals surface area contributed by atoms with E-state index in [0.29, 0.717) is 30.4 Å². The number of hydrogen-bond donors (Lipinski definition) is 1. The van der Waals surface area contributed by atoms with Crippen molar-refractivity contribution in [2.45, 2.75) is 12.8 Å². The zero-order chi connectivity index (χ0) is 23.3. The number of nitriles is 1. The number of aryl methyl sites for hydroxylation is 1. The molecule has 5 rings (SSSR count). The van der Waals surface area contributed by atoms with Crippen LogP contribution in [-0.4, -0.2) is 48.5 Å². The van der Waals surface area contributed by atoms with Crippen molar-refractivity contribution in [1.82, 2.24) is 24.4 Å². The van der Waals surface area contributed by atoms with Gasteiger partial charge in [0.2, 0.25) is 5.91 Å². The first-order valence-corrected chi connectivity index (χ1v) is 10.3. The number of benzene rings is 2. The van der Waals surface area contributed by atoms with Crippen LogP contribution < -0.4 is 5.56 Å². The maximum Gasteiger partial charge on any atom is 0.270 e. The highest BCUT2D eigenvalue weighted by atomic mass is 16.3. The van der Waals surface area contributed by atoms with Gasteiger partial charge in [-0.3, -0.25) is 14.2 Å². The van der Waals surface area contributed by atoms with Crippen molar-refractivity contribution in [2.24, 2.45) is 0 Å². The Morgan fingerprint density at radius 2 is 2.00 bits per heavy atom. The summed E-state index contributed by atoms with van der Waals surface area (Å²) >= 11 is 0. The molecule has 0 unspecified atom stereocenters. The Kier molecular flexibility index (Phi) is 4.64. The Balaban J connectivity index is 1.69. The molecular weight excluding hydrogens is 420 g/mol. The van der Waals surface area contributed by atoms with Gasteiger partial charge in [0.05, 0.1) is 11.6 Å². The third-order valence-electron chi connectivity index (χ3n) is 5.82. The lowest BCUT2D eigenvalue weighted by molar-refractivity contribution is -0.130. The number of amides is 1. The van der Waals surface area contributed by atoms with Gasteiger partial charge in [-0.15, -0.1) is 0 Å². The Morgan fingerprint density at radius 1 is 1.24 bits per heavy atom. The Hall–Kier alpha value is -4.58. The molecule has 1 N–H and O–H groups in total. The molecule has 1 aliphatic rings. The van der Waals surface area contributed by atoms with Gasteiger partial charge in [-0.2, -0.15) is 5.26 Å². The number of hydrogen-bond acceptors (Lipinski definition) is 7. The minimum atomic E-state index is -0.492. The second kappa shape index (κ2) is 7.53. The molecule has 0 radical (unpaired) electrons. The van der Waals surface area contributed by atoms with E-state index in [0.717, 1.165) is 10.8 Å². The van der Waals surface area contributed by atoms with Gasteiger partial charge >= 0.3 is 0 Å². The summed E-state index contributed by atoms with van der Waals surface area (Å²) in [5.41, 5.74) is 0.0222. The van der Waals surface area contributed by atoms with Crippen LogP contribution >= 0.6 is 0 Å². The second-order valence-electron chi connectivity index (χ2n) is 7.87. The van der Waals surface area contributed by atoms with Crippen LogP contribution in [-0.2, 0) is 4.79 Å². The van der Waals surface area contributed by atoms with Crippen molar-refractivity contribution in [3.8, 4) is 17.5 Å². The van der Waals surface area contributed by atoms with E-state index in [1.807, 2.05) is 30.3 Å². The smallest absolute Gasteiger partial charge is 0.270 e. The summed E-state index contributed by atoms with van der Waals surface area (Å²) in [5.74, 6) is 0.409. The highest BCUT2D eigenvalue weighted by Crippen LogP contribution is 2.29. The quantitative estimate of drug-likeness (QED) is 0.487. The highest BCUT2D eigenvalue weighted by molar-refractivity contribution is 5.92. The average Bonchev–Trinajstić information content (AvgIpc) is 2.76. The molecule has 9 heteroatoms. The van der Waals surface area contributed by atoms with Crippen LogP contribution in [0, 0.1) is 18.3 Å². The van der Waals surface area contributed by atoms with Gasteiger partial charge in [-0.1, -0.05) is 30.8 Å². The van der Waals surface area contributed by atoms with Crippen LogP contribution in [0.15, 0.2) is 53.8 Å². The number of rotatable bonds is 3. The SMILES string of the molecule is C=CC(=O)N1CC(c2nc(C#N)c3c(=O)n(-c4cc(O)cc5ccccc45)c(C)nc3n2)C1. The fraction of sp³-hybridized carbons (Fsp3) is 0.167. The summed E-state index contributed by atoms with van der Waals surface area (Å²) < 4.78 is 1.36. The molecule has 1 saturated heterocycles. The molecular formula is C24H18N6O3. The summed E-state index contributed by atoms with van der Waals surface area (Å²) in [4.78, 5) is 40.2. The first kappa shape index (κ1) is 20.3. The first-order chi connectivity index (χ1) is 15.9. The van der Waals surface area contributed by atoms with E-state index in [9.17, 15) is 20.0 Å². The molecule has 1 aliphatic heterocycles. The molecule has 9 nitrogen and oxygen atoms in total. The molecule has 2 aromatic carbocycles. The summed E-state index contributed by atoms with van der Waals surface area (Å²) in [5, 5.41) is 21.5. The Bertz CT molecular complexity index is 1580. The lowest BCUT2D eigenvalue weighted by Gasteiger charge is -2.37. The van der Waals surface area contributed by atoms with Crippen molar-refractivity contribution in [1.29, 1.82) is 5.26 Å². The van der Waals surface area contributed by atoms with E-state index in [4.69, 9.17) is 0 Å². The summed E-state index contributed by atoms with van der Waals surface area (Å²) in [6.07, 6.45) is 1.25. The van der Waals surface area contributed by atoms with Crippen LogP contribution in [0.5, 0.6) is 5.75 Å². The standard InChI is InChI=1S/C24H18N6O3/c1-3-20(32)29-11-15(12-29)22-27-18(10-25)21-23(28-22)26-13(2)30(24(21)33)19-9-16(31)8-14-6-4-5-7-17(14)19/h3-9,15,31H,1,11-12H2,2H3. The fourth-order valence-electron chi connectivity index (χ4n) is 4.16. The van der Waals surface area contributed by atoms with Crippen molar-refractivity contribution in [3.63, 3.8) is 0 Å². The molecule has 1 amide bonds. The maximum absolute atomic E-state index is 13.6. The third-order valence-corrected chi connectivity index (χ3v) is 5.82. The number of aromatic nitrogens is 4.